The highest BCUT2D eigenvalue weighted by Gasteiger charge is 2.46. The average Bonchev–Trinajstić information content (AvgIpc) is 2.19. The first kappa shape index (κ1) is 11.1. The van der Waals surface area contributed by atoms with Crippen LogP contribution in [0.3, 0.4) is 0 Å². The van der Waals surface area contributed by atoms with Gasteiger partial charge in [0, 0.05) is 5.02 Å². The van der Waals surface area contributed by atoms with Gasteiger partial charge in [-0.25, -0.2) is 0 Å². The van der Waals surface area contributed by atoms with Gasteiger partial charge in [0.2, 0.25) is 12.3 Å². The molecule has 0 aromatic heterocycles. The van der Waals surface area contributed by atoms with Crippen molar-refractivity contribution in [2.24, 2.45) is 0 Å². The van der Waals surface area contributed by atoms with E-state index in [0.29, 0.717) is 11.4 Å². The van der Waals surface area contributed by atoms with E-state index in [4.69, 9.17) is 11.6 Å². The second-order valence-corrected chi connectivity index (χ2v) is 4.41. The van der Waals surface area contributed by atoms with Crippen LogP contribution in [-0.4, -0.2) is 12.3 Å². The smallest absolute Gasteiger partial charge is 0.237 e. The Morgan fingerprint density at radius 1 is 1.38 bits per heavy atom. The molecule has 0 aliphatic heterocycles. The number of imide groups is 1. The van der Waals surface area contributed by atoms with Crippen LogP contribution in [-0.2, 0) is 15.0 Å². The van der Waals surface area contributed by atoms with Crippen molar-refractivity contribution < 1.29 is 9.59 Å². The summed E-state index contributed by atoms with van der Waals surface area (Å²) < 4.78 is 0. The molecule has 1 aliphatic carbocycles. The molecule has 0 bridgehead atoms. The van der Waals surface area contributed by atoms with Gasteiger partial charge in [0.25, 0.3) is 0 Å². The monoisotopic (exact) mass is 237 g/mol. The van der Waals surface area contributed by atoms with Crippen LogP contribution in [0.5, 0.6) is 0 Å². The van der Waals surface area contributed by atoms with Gasteiger partial charge in [-0.05, 0) is 24.5 Å². The number of nitrogens with one attached hydrogen (secondary N) is 1. The molecule has 0 unspecified atom stereocenters. The molecule has 3 nitrogen and oxygen atoms in total. The summed E-state index contributed by atoms with van der Waals surface area (Å²) in [7, 11) is 0. The van der Waals surface area contributed by atoms with Crippen LogP contribution in [0.1, 0.15) is 24.8 Å². The molecule has 0 spiro atoms. The molecule has 1 aromatic carbocycles. The van der Waals surface area contributed by atoms with Crippen molar-refractivity contribution in [3.8, 4) is 0 Å². The predicted molar refractivity (Wildman–Crippen MR) is 61.2 cm³/mol. The first-order chi connectivity index (χ1) is 7.70. The Morgan fingerprint density at radius 2 is 2.06 bits per heavy atom. The van der Waals surface area contributed by atoms with E-state index in [-0.39, 0.29) is 5.91 Å². The number of halogens is 1. The van der Waals surface area contributed by atoms with Crippen molar-refractivity contribution in [1.82, 2.24) is 5.32 Å². The zero-order chi connectivity index (χ0) is 11.6. The standard InChI is InChI=1S/C12H12ClNO2/c13-10-5-2-1-4-9(10)12(6-3-7-12)11(16)14-8-15/h1-2,4-5,8H,3,6-7H2,(H,14,15,16). The molecule has 0 radical (unpaired) electrons. The molecule has 1 N–H and O–H groups in total. The minimum atomic E-state index is -0.598. The Labute approximate surface area is 98.8 Å². The van der Waals surface area contributed by atoms with Crippen LogP contribution < -0.4 is 5.32 Å². The molecule has 1 aromatic rings. The van der Waals surface area contributed by atoms with Crippen molar-refractivity contribution in [3.63, 3.8) is 0 Å². The first-order valence-corrected chi connectivity index (χ1v) is 5.58. The maximum Gasteiger partial charge on any atom is 0.237 e. The second kappa shape index (κ2) is 4.26. The van der Waals surface area contributed by atoms with Gasteiger partial charge < -0.3 is 0 Å². The summed E-state index contributed by atoms with van der Waals surface area (Å²) in [4.78, 5) is 22.3. The van der Waals surface area contributed by atoms with Gasteiger partial charge in [-0.2, -0.15) is 0 Å². The van der Waals surface area contributed by atoms with E-state index in [9.17, 15) is 9.59 Å². The van der Waals surface area contributed by atoms with Gasteiger partial charge in [0.05, 0.1) is 5.41 Å². The molecule has 1 aliphatic rings. The third-order valence-corrected chi connectivity index (χ3v) is 3.55. The third-order valence-electron chi connectivity index (χ3n) is 3.22. The summed E-state index contributed by atoms with van der Waals surface area (Å²) in [6.07, 6.45) is 2.91. The van der Waals surface area contributed by atoms with Crippen LogP contribution in [0.25, 0.3) is 0 Å². The van der Waals surface area contributed by atoms with Crippen molar-refractivity contribution in [2.45, 2.75) is 24.7 Å². The second-order valence-electron chi connectivity index (χ2n) is 4.01. The van der Waals surface area contributed by atoms with Crippen LogP contribution in [0, 0.1) is 0 Å². The van der Waals surface area contributed by atoms with E-state index in [2.05, 4.69) is 5.32 Å². The Balaban J connectivity index is 2.39. The topological polar surface area (TPSA) is 46.2 Å². The van der Waals surface area contributed by atoms with Crippen LogP contribution in [0.15, 0.2) is 24.3 Å². The molecule has 4 heteroatoms. The number of amides is 2. The summed E-state index contributed by atoms with van der Waals surface area (Å²) in [6.45, 7) is 0. The lowest BCUT2D eigenvalue weighted by molar-refractivity contribution is -0.132. The SMILES string of the molecule is O=CNC(=O)C1(c2ccccc2Cl)CCC1. The lowest BCUT2D eigenvalue weighted by Gasteiger charge is -2.40. The van der Waals surface area contributed by atoms with Gasteiger partial charge in [0.15, 0.2) is 0 Å². The highest BCUT2D eigenvalue weighted by atomic mass is 35.5. The lowest BCUT2D eigenvalue weighted by atomic mass is 9.64. The van der Waals surface area contributed by atoms with E-state index in [1.807, 2.05) is 18.2 Å². The fourth-order valence-corrected chi connectivity index (χ4v) is 2.51. The maximum atomic E-state index is 11.9. The molecular weight excluding hydrogens is 226 g/mol. The zero-order valence-corrected chi connectivity index (χ0v) is 9.46. The van der Waals surface area contributed by atoms with Crippen molar-refractivity contribution in [3.05, 3.63) is 34.9 Å². The predicted octanol–water partition coefficient (Wildman–Crippen LogP) is 2.03. The first-order valence-electron chi connectivity index (χ1n) is 5.20. The largest absolute Gasteiger partial charge is 0.298 e. The van der Waals surface area contributed by atoms with E-state index < -0.39 is 5.41 Å². The summed E-state index contributed by atoms with van der Waals surface area (Å²) in [5.74, 6) is -0.248. The van der Waals surface area contributed by atoms with Gasteiger partial charge >= 0.3 is 0 Å². The number of rotatable bonds is 3. The maximum absolute atomic E-state index is 11.9. The molecule has 2 rings (SSSR count). The normalized spacial score (nSPS) is 17.3. The summed E-state index contributed by atoms with van der Waals surface area (Å²) in [6, 6.07) is 7.31. The quantitative estimate of drug-likeness (QED) is 0.818. The number of benzene rings is 1. The number of hydrogen-bond acceptors (Lipinski definition) is 2. The lowest BCUT2D eigenvalue weighted by Crippen LogP contribution is -2.49. The van der Waals surface area contributed by atoms with Gasteiger partial charge in [-0.1, -0.05) is 36.2 Å². The van der Waals surface area contributed by atoms with Crippen LogP contribution >= 0.6 is 11.6 Å². The molecule has 0 heterocycles. The molecular formula is C12H12ClNO2. The van der Waals surface area contributed by atoms with Crippen molar-refractivity contribution in [1.29, 1.82) is 0 Å². The number of carbonyl (C=O) groups is 2. The molecule has 16 heavy (non-hydrogen) atoms. The van der Waals surface area contributed by atoms with E-state index >= 15 is 0 Å². The van der Waals surface area contributed by atoms with Crippen LogP contribution in [0.4, 0.5) is 0 Å². The fourth-order valence-electron chi connectivity index (χ4n) is 2.19. The molecule has 2 amide bonds. The molecule has 1 fully saturated rings. The molecule has 0 saturated heterocycles. The Morgan fingerprint density at radius 3 is 2.56 bits per heavy atom. The van der Waals surface area contributed by atoms with Gasteiger partial charge in [0.1, 0.15) is 0 Å². The van der Waals surface area contributed by atoms with E-state index in [1.54, 1.807) is 6.07 Å². The van der Waals surface area contributed by atoms with Crippen molar-refractivity contribution in [2.75, 3.05) is 0 Å². The highest BCUT2D eigenvalue weighted by Crippen LogP contribution is 2.46. The minimum Gasteiger partial charge on any atom is -0.298 e. The number of carbonyl (C=O) groups excluding carboxylic acids is 2. The number of hydrogen-bond donors (Lipinski definition) is 1. The van der Waals surface area contributed by atoms with Crippen molar-refractivity contribution >= 4 is 23.9 Å². The minimum absolute atomic E-state index is 0.248. The van der Waals surface area contributed by atoms with E-state index in [0.717, 1.165) is 24.8 Å². The zero-order valence-electron chi connectivity index (χ0n) is 8.70. The highest BCUT2D eigenvalue weighted by molar-refractivity contribution is 6.31. The van der Waals surface area contributed by atoms with Gasteiger partial charge in [-0.3, -0.25) is 14.9 Å². The van der Waals surface area contributed by atoms with Gasteiger partial charge in [-0.15, -0.1) is 0 Å². The Bertz CT molecular complexity index is 427. The molecule has 0 atom stereocenters. The molecule has 84 valence electrons. The molecule has 1 saturated carbocycles. The Hall–Kier alpha value is -1.35. The summed E-state index contributed by atoms with van der Waals surface area (Å²) >= 11 is 6.10. The Kier molecular flexibility index (Phi) is 2.97. The summed E-state index contributed by atoms with van der Waals surface area (Å²) in [5, 5.41) is 2.82. The van der Waals surface area contributed by atoms with Crippen LogP contribution in [0.2, 0.25) is 5.02 Å². The average molecular weight is 238 g/mol. The third kappa shape index (κ3) is 1.61. The van der Waals surface area contributed by atoms with E-state index in [1.165, 1.54) is 0 Å². The fraction of sp³-hybridized carbons (Fsp3) is 0.333. The summed E-state index contributed by atoms with van der Waals surface area (Å²) in [5.41, 5.74) is 0.224.